The van der Waals surface area contributed by atoms with E-state index in [2.05, 4.69) is 19.4 Å². The van der Waals surface area contributed by atoms with E-state index >= 15 is 0 Å². The monoisotopic (exact) mass is 780 g/mol. The summed E-state index contributed by atoms with van der Waals surface area (Å²) >= 11 is 1.64. The first kappa shape index (κ1) is 40.3. The van der Waals surface area contributed by atoms with Gasteiger partial charge in [0.1, 0.15) is 21.1 Å². The number of esters is 1. The summed E-state index contributed by atoms with van der Waals surface area (Å²) < 4.78 is 85.7. The van der Waals surface area contributed by atoms with Gasteiger partial charge in [-0.2, -0.15) is 4.37 Å². The summed E-state index contributed by atoms with van der Waals surface area (Å²) in [6.07, 6.45) is -0.406. The maximum absolute atomic E-state index is 13.5. The summed E-state index contributed by atoms with van der Waals surface area (Å²) in [7, 11) is -6.68. The van der Waals surface area contributed by atoms with Crippen molar-refractivity contribution in [3.8, 4) is 5.88 Å². The Labute approximate surface area is 302 Å². The molecule has 0 aliphatic carbocycles. The van der Waals surface area contributed by atoms with Gasteiger partial charge >= 0.3 is 5.97 Å². The predicted molar refractivity (Wildman–Crippen MR) is 188 cm³/mol. The first-order chi connectivity index (χ1) is 23.6. The molecular weight excluding hydrogens is 733 g/mol. The first-order valence-corrected chi connectivity index (χ1v) is 21.1. The molecule has 1 unspecified atom stereocenters. The molecule has 20 heteroatoms. The van der Waals surface area contributed by atoms with Crippen molar-refractivity contribution in [1.82, 2.24) is 24.1 Å². The van der Waals surface area contributed by atoms with Gasteiger partial charge in [0.25, 0.3) is 15.9 Å². The molecule has 0 radical (unpaired) electrons. The van der Waals surface area contributed by atoms with Crippen molar-refractivity contribution in [2.75, 3.05) is 64.6 Å². The van der Waals surface area contributed by atoms with E-state index < -0.39 is 55.9 Å². The molecule has 2 aliphatic heterocycles. The molecule has 282 valence electrons. The smallest absolute Gasteiger partial charge is 0.306 e. The second-order valence-corrected chi connectivity index (χ2v) is 18.9. The Hall–Kier alpha value is -2.46. The molecule has 16 nitrogen and oxygen atoms in total. The Morgan fingerprint density at radius 2 is 1.92 bits per heavy atom. The lowest BCUT2D eigenvalue weighted by molar-refractivity contribution is -0.151. The lowest BCUT2D eigenvalue weighted by Gasteiger charge is -2.29. The summed E-state index contributed by atoms with van der Waals surface area (Å²) in [5.74, 6) is -0.744. The molecular formula is C30H48N6O10S4. The number of morpholine rings is 1. The summed E-state index contributed by atoms with van der Waals surface area (Å²) in [6.45, 7) is 11.3. The van der Waals surface area contributed by atoms with Gasteiger partial charge in [-0.05, 0) is 52.6 Å². The van der Waals surface area contributed by atoms with Crippen molar-refractivity contribution in [3.05, 3.63) is 11.6 Å². The number of nitrogens with zero attached hydrogens (tertiary/aromatic N) is 3. The van der Waals surface area contributed by atoms with E-state index in [0.29, 0.717) is 87.3 Å². The zero-order valence-corrected chi connectivity index (χ0v) is 32.3. The zero-order valence-electron chi connectivity index (χ0n) is 29.1. The third kappa shape index (κ3) is 11.0. The fraction of sp³-hybridized carbons (Fsp3) is 0.733. The SMILES string of the molecule is CCN[C@H]1CC(CCCOC)S(=O)(=O)c2sc(S(=O)(=O)NC(=O)CCC(=O)O[C@@H](CNC(C)(C)C)COc3nsnc3N3CCOCC3)cc21. The maximum Gasteiger partial charge on any atom is 0.306 e. The van der Waals surface area contributed by atoms with Crippen LogP contribution in [0.25, 0.3) is 0 Å². The van der Waals surface area contributed by atoms with Crippen LogP contribution < -0.4 is 25.0 Å². The van der Waals surface area contributed by atoms with Crippen molar-refractivity contribution in [1.29, 1.82) is 0 Å². The standard InChI is InChI=1S/C30H48N6O10S4/c1-6-31-23-16-21(8-7-13-43-5)49(39,40)29-22(23)17-26(47-29)50(41,42)35-24(37)9-10-25(38)46-20(18-32-30(2,3)4)19-45-28-27(33-48-34-28)36-11-14-44-15-12-36/h17,20-21,23,31-32H,6-16,18-19H2,1-5H3,(H,35,37)/t20-,21?,23-/m0/s1. The Balaban J connectivity index is 1.36. The van der Waals surface area contributed by atoms with Gasteiger partial charge in [0.05, 0.1) is 36.6 Å². The Kier molecular flexibility index (Phi) is 14.4. The summed E-state index contributed by atoms with van der Waals surface area (Å²) in [6, 6.07) is 0.953. The van der Waals surface area contributed by atoms with E-state index in [0.717, 1.165) is 11.7 Å². The lowest BCUT2D eigenvalue weighted by Crippen LogP contribution is -2.44. The van der Waals surface area contributed by atoms with Crippen molar-refractivity contribution in [2.45, 2.75) is 91.2 Å². The number of thiophene rings is 1. The highest BCUT2D eigenvalue weighted by atomic mass is 32.3. The first-order valence-electron chi connectivity index (χ1n) is 16.5. The fourth-order valence-electron chi connectivity index (χ4n) is 5.47. The molecule has 2 aromatic heterocycles. The molecule has 0 aromatic carbocycles. The molecule has 50 heavy (non-hydrogen) atoms. The van der Waals surface area contributed by atoms with Crippen LogP contribution in [0.2, 0.25) is 0 Å². The van der Waals surface area contributed by atoms with Crippen LogP contribution in [0.5, 0.6) is 5.88 Å². The maximum atomic E-state index is 13.5. The number of hydrogen-bond donors (Lipinski definition) is 3. The van der Waals surface area contributed by atoms with Crippen LogP contribution in [-0.2, 0) is 43.7 Å². The Morgan fingerprint density at radius 3 is 2.60 bits per heavy atom. The third-order valence-electron chi connectivity index (χ3n) is 7.98. The molecule has 0 spiro atoms. The van der Waals surface area contributed by atoms with Crippen LogP contribution in [-0.4, -0.2) is 114 Å². The number of carbonyl (C=O) groups is 2. The minimum absolute atomic E-state index is 0.0175. The number of fused-ring (bicyclic) bond motifs is 1. The van der Waals surface area contributed by atoms with Gasteiger partial charge < -0.3 is 34.5 Å². The fourth-order valence-corrected chi connectivity index (χ4v) is 11.3. The van der Waals surface area contributed by atoms with Crippen LogP contribution in [0.3, 0.4) is 0 Å². The molecule has 4 rings (SSSR count). The van der Waals surface area contributed by atoms with Gasteiger partial charge in [-0.15, -0.1) is 15.7 Å². The van der Waals surface area contributed by atoms with Crippen molar-refractivity contribution >= 4 is 60.6 Å². The van der Waals surface area contributed by atoms with E-state index in [-0.39, 0.29) is 33.2 Å². The molecule has 3 N–H and O–H groups in total. The topological polar surface area (TPSA) is 204 Å². The van der Waals surface area contributed by atoms with Gasteiger partial charge in [0.15, 0.2) is 9.84 Å². The molecule has 0 bridgehead atoms. The highest BCUT2D eigenvalue weighted by Crippen LogP contribution is 2.44. The highest BCUT2D eigenvalue weighted by molar-refractivity contribution is 7.96. The normalized spacial score (nSPS) is 19.8. The number of sulfone groups is 1. The number of rotatable bonds is 18. The molecule has 2 aliphatic rings. The number of ether oxygens (including phenoxy) is 4. The van der Waals surface area contributed by atoms with Gasteiger partial charge in [0, 0.05) is 56.9 Å². The number of sulfonamides is 1. The van der Waals surface area contributed by atoms with Gasteiger partial charge in [0.2, 0.25) is 11.7 Å². The molecule has 2 aromatic rings. The van der Waals surface area contributed by atoms with Crippen LogP contribution in [0.4, 0.5) is 5.82 Å². The van der Waals surface area contributed by atoms with Gasteiger partial charge in [-0.3, -0.25) is 9.59 Å². The van der Waals surface area contributed by atoms with Crippen molar-refractivity contribution in [3.63, 3.8) is 0 Å². The number of aromatic nitrogens is 2. The minimum Gasteiger partial charge on any atom is -0.470 e. The third-order valence-corrected chi connectivity index (χ3v) is 14.3. The lowest BCUT2D eigenvalue weighted by atomic mass is 10.0. The van der Waals surface area contributed by atoms with Gasteiger partial charge in [-0.25, -0.2) is 21.6 Å². The Morgan fingerprint density at radius 1 is 1.18 bits per heavy atom. The van der Waals surface area contributed by atoms with Crippen LogP contribution >= 0.6 is 23.1 Å². The van der Waals surface area contributed by atoms with E-state index in [1.54, 1.807) is 7.11 Å². The molecule has 1 saturated heterocycles. The van der Waals surface area contributed by atoms with E-state index in [1.165, 1.54) is 6.07 Å². The highest BCUT2D eigenvalue weighted by Gasteiger charge is 2.41. The average Bonchev–Trinajstić information content (AvgIpc) is 3.73. The predicted octanol–water partition coefficient (Wildman–Crippen LogP) is 2.02. The average molecular weight is 781 g/mol. The number of methoxy groups -OCH3 is 1. The summed E-state index contributed by atoms with van der Waals surface area (Å²) in [5.41, 5.74) is 0.0802. The van der Waals surface area contributed by atoms with Gasteiger partial charge in [-0.1, -0.05) is 6.92 Å². The number of nitrogens with one attached hydrogen (secondary N) is 3. The van der Waals surface area contributed by atoms with E-state index in [4.69, 9.17) is 18.9 Å². The van der Waals surface area contributed by atoms with Crippen LogP contribution in [0.1, 0.15) is 71.4 Å². The van der Waals surface area contributed by atoms with E-state index in [9.17, 15) is 26.4 Å². The molecule has 1 amide bonds. The quantitative estimate of drug-likeness (QED) is 0.146. The molecule has 1 fully saturated rings. The number of anilines is 1. The number of hydrogen-bond acceptors (Lipinski definition) is 17. The van der Waals surface area contributed by atoms with E-state index in [1.807, 2.05) is 37.3 Å². The van der Waals surface area contributed by atoms with Crippen molar-refractivity contribution in [2.24, 2.45) is 0 Å². The number of carbonyl (C=O) groups excluding carboxylic acids is 2. The van der Waals surface area contributed by atoms with Crippen LogP contribution in [0, 0.1) is 0 Å². The van der Waals surface area contributed by atoms with Crippen molar-refractivity contribution < 1.29 is 45.4 Å². The summed E-state index contributed by atoms with van der Waals surface area (Å²) in [5, 5.41) is 5.84. The second kappa shape index (κ2) is 17.8. The van der Waals surface area contributed by atoms with Crippen LogP contribution in [0.15, 0.2) is 14.5 Å². The largest absolute Gasteiger partial charge is 0.470 e. The summed E-state index contributed by atoms with van der Waals surface area (Å²) in [4.78, 5) is 27.7. The molecule has 4 heterocycles. The zero-order chi connectivity index (χ0) is 36.5. The molecule has 3 atom stereocenters. The molecule has 0 saturated carbocycles. The number of amides is 1. The second-order valence-electron chi connectivity index (χ2n) is 13.0. The minimum atomic E-state index is -4.42. The Bertz CT molecular complexity index is 1650.